The highest BCUT2D eigenvalue weighted by molar-refractivity contribution is 7.80. The summed E-state index contributed by atoms with van der Waals surface area (Å²) < 4.78 is 0. The van der Waals surface area contributed by atoms with E-state index in [9.17, 15) is 4.79 Å². The summed E-state index contributed by atoms with van der Waals surface area (Å²) in [6.45, 7) is 5.81. The van der Waals surface area contributed by atoms with Crippen molar-refractivity contribution in [3.05, 3.63) is 35.4 Å². The third-order valence-electron chi connectivity index (χ3n) is 3.11. The predicted molar refractivity (Wildman–Crippen MR) is 78.5 cm³/mol. The molecule has 0 aromatic heterocycles. The zero-order chi connectivity index (χ0) is 13.8. The summed E-state index contributed by atoms with van der Waals surface area (Å²) in [7, 11) is 0. The maximum atomic E-state index is 12.0. The molecule has 0 heterocycles. The summed E-state index contributed by atoms with van der Waals surface area (Å²) in [6, 6.07) is 7.90. The number of amides is 1. The van der Waals surface area contributed by atoms with Crippen molar-refractivity contribution in [1.82, 2.24) is 5.32 Å². The first-order valence-corrected chi connectivity index (χ1v) is 6.44. The number of carbonyl (C=O) groups is 1. The molecule has 1 aromatic rings. The van der Waals surface area contributed by atoms with Crippen LogP contribution in [0.3, 0.4) is 0 Å². The molecule has 3 nitrogen and oxygen atoms in total. The van der Waals surface area contributed by atoms with Crippen LogP contribution in [-0.4, -0.2) is 16.4 Å². The molecule has 0 radical (unpaired) electrons. The second kappa shape index (κ2) is 5.96. The van der Waals surface area contributed by atoms with E-state index in [1.54, 1.807) is 0 Å². The fourth-order valence-corrected chi connectivity index (χ4v) is 1.88. The smallest absolute Gasteiger partial charge is 0.225 e. The van der Waals surface area contributed by atoms with Crippen LogP contribution in [0.1, 0.15) is 31.4 Å². The average Bonchev–Trinajstić information content (AvgIpc) is 2.28. The standard InChI is InChI=1S/C14H20N2OS/c1-4-14(3,13(15)18)16-12(17)9-11-7-5-6-10(2)8-11/h5-8H,4,9H2,1-3H3,(H2,15,18)(H,16,17). The molecule has 1 aromatic carbocycles. The fraction of sp³-hybridized carbons (Fsp3) is 0.429. The Bertz CT molecular complexity index is 459. The van der Waals surface area contributed by atoms with Gasteiger partial charge in [-0.1, -0.05) is 49.0 Å². The molecule has 0 aliphatic heterocycles. The fourth-order valence-electron chi connectivity index (χ4n) is 1.68. The topological polar surface area (TPSA) is 55.1 Å². The van der Waals surface area contributed by atoms with Crippen molar-refractivity contribution in [3.8, 4) is 0 Å². The van der Waals surface area contributed by atoms with Gasteiger partial charge >= 0.3 is 0 Å². The molecular formula is C14H20N2OS. The van der Waals surface area contributed by atoms with Gasteiger partial charge in [-0.15, -0.1) is 0 Å². The van der Waals surface area contributed by atoms with Crippen LogP contribution in [-0.2, 0) is 11.2 Å². The lowest BCUT2D eigenvalue weighted by atomic mass is 9.98. The maximum absolute atomic E-state index is 12.0. The van der Waals surface area contributed by atoms with Crippen molar-refractivity contribution in [1.29, 1.82) is 0 Å². The largest absolute Gasteiger partial charge is 0.391 e. The van der Waals surface area contributed by atoms with E-state index in [1.807, 2.05) is 45.0 Å². The van der Waals surface area contributed by atoms with E-state index < -0.39 is 5.54 Å². The van der Waals surface area contributed by atoms with Crippen molar-refractivity contribution in [3.63, 3.8) is 0 Å². The van der Waals surface area contributed by atoms with E-state index in [-0.39, 0.29) is 5.91 Å². The molecule has 98 valence electrons. The van der Waals surface area contributed by atoms with Gasteiger partial charge in [-0.25, -0.2) is 0 Å². The highest BCUT2D eigenvalue weighted by Gasteiger charge is 2.27. The molecule has 0 spiro atoms. The van der Waals surface area contributed by atoms with Crippen molar-refractivity contribution in [2.75, 3.05) is 0 Å². The van der Waals surface area contributed by atoms with Crippen LogP contribution in [0.25, 0.3) is 0 Å². The van der Waals surface area contributed by atoms with Gasteiger partial charge in [0.1, 0.15) is 0 Å². The highest BCUT2D eigenvalue weighted by Crippen LogP contribution is 2.11. The molecule has 3 N–H and O–H groups in total. The zero-order valence-electron chi connectivity index (χ0n) is 11.1. The summed E-state index contributed by atoms with van der Waals surface area (Å²) in [5, 5.41) is 2.91. The van der Waals surface area contributed by atoms with Gasteiger partial charge in [-0.2, -0.15) is 0 Å². The lowest BCUT2D eigenvalue weighted by molar-refractivity contribution is -0.121. The minimum atomic E-state index is -0.601. The highest BCUT2D eigenvalue weighted by atomic mass is 32.1. The van der Waals surface area contributed by atoms with Crippen LogP contribution in [0.15, 0.2) is 24.3 Å². The van der Waals surface area contributed by atoms with Gasteiger partial charge in [0.15, 0.2) is 0 Å². The second-order valence-corrected chi connectivity index (χ2v) is 5.20. The Balaban J connectivity index is 2.70. The molecule has 0 aliphatic carbocycles. The molecule has 1 amide bonds. The minimum absolute atomic E-state index is 0.0576. The van der Waals surface area contributed by atoms with Crippen molar-refractivity contribution < 1.29 is 4.79 Å². The number of carbonyl (C=O) groups excluding carboxylic acids is 1. The van der Waals surface area contributed by atoms with Gasteiger partial charge in [-0.3, -0.25) is 4.79 Å². The minimum Gasteiger partial charge on any atom is -0.391 e. The Morgan fingerprint density at radius 2 is 2.17 bits per heavy atom. The first-order valence-electron chi connectivity index (χ1n) is 6.04. The first-order chi connectivity index (χ1) is 8.37. The van der Waals surface area contributed by atoms with E-state index in [1.165, 1.54) is 0 Å². The number of thiocarbonyl (C=S) groups is 1. The molecule has 0 bridgehead atoms. The van der Waals surface area contributed by atoms with E-state index >= 15 is 0 Å². The summed E-state index contributed by atoms with van der Waals surface area (Å²) in [4.78, 5) is 12.3. The summed E-state index contributed by atoms with van der Waals surface area (Å²) >= 11 is 5.00. The zero-order valence-corrected chi connectivity index (χ0v) is 11.9. The van der Waals surface area contributed by atoms with Gasteiger partial charge in [0.05, 0.1) is 16.9 Å². The number of aryl methyl sites for hydroxylation is 1. The predicted octanol–water partition coefficient (Wildman–Crippen LogP) is 2.11. The SMILES string of the molecule is CCC(C)(NC(=O)Cc1cccc(C)c1)C(N)=S. The molecule has 1 rings (SSSR count). The normalized spacial score (nSPS) is 13.7. The van der Waals surface area contributed by atoms with Gasteiger partial charge in [-0.05, 0) is 25.8 Å². The van der Waals surface area contributed by atoms with Crippen molar-refractivity contribution >= 4 is 23.1 Å². The Hall–Kier alpha value is -1.42. The summed E-state index contributed by atoms with van der Waals surface area (Å²) in [5.41, 5.74) is 7.20. The molecule has 0 fully saturated rings. The van der Waals surface area contributed by atoms with Gasteiger partial charge in [0.2, 0.25) is 5.91 Å². The van der Waals surface area contributed by atoms with Crippen LogP contribution in [0.4, 0.5) is 0 Å². The lowest BCUT2D eigenvalue weighted by Gasteiger charge is -2.28. The average molecular weight is 264 g/mol. The summed E-state index contributed by atoms with van der Waals surface area (Å²) in [6.07, 6.45) is 1.03. The number of hydrogen-bond donors (Lipinski definition) is 2. The molecule has 0 aliphatic rings. The Morgan fingerprint density at radius 3 is 2.67 bits per heavy atom. The molecule has 1 atom stereocenters. The van der Waals surface area contributed by atoms with Crippen LogP contribution in [0.5, 0.6) is 0 Å². The molecule has 4 heteroatoms. The van der Waals surface area contributed by atoms with Crippen LogP contribution < -0.4 is 11.1 Å². The van der Waals surface area contributed by atoms with E-state index in [4.69, 9.17) is 18.0 Å². The van der Waals surface area contributed by atoms with Crippen LogP contribution in [0, 0.1) is 6.92 Å². The Labute approximate surface area is 114 Å². The molecule has 1 unspecified atom stereocenters. The Kier molecular flexibility index (Phi) is 4.84. The monoisotopic (exact) mass is 264 g/mol. The lowest BCUT2D eigenvalue weighted by Crippen LogP contribution is -2.54. The van der Waals surface area contributed by atoms with Gasteiger partial charge in [0, 0.05) is 0 Å². The second-order valence-electron chi connectivity index (χ2n) is 4.76. The Morgan fingerprint density at radius 1 is 1.50 bits per heavy atom. The van der Waals surface area contributed by atoms with Crippen molar-refractivity contribution in [2.24, 2.45) is 5.73 Å². The molecule has 18 heavy (non-hydrogen) atoms. The third kappa shape index (κ3) is 3.81. The van der Waals surface area contributed by atoms with E-state index in [0.717, 1.165) is 11.1 Å². The number of rotatable bonds is 5. The van der Waals surface area contributed by atoms with E-state index in [0.29, 0.717) is 17.8 Å². The number of hydrogen-bond acceptors (Lipinski definition) is 2. The van der Waals surface area contributed by atoms with Crippen LogP contribution >= 0.6 is 12.2 Å². The first kappa shape index (κ1) is 14.6. The molecule has 0 saturated heterocycles. The van der Waals surface area contributed by atoms with E-state index in [2.05, 4.69) is 5.32 Å². The molecular weight excluding hydrogens is 244 g/mol. The number of nitrogens with one attached hydrogen (secondary N) is 1. The maximum Gasteiger partial charge on any atom is 0.225 e. The van der Waals surface area contributed by atoms with Gasteiger partial charge in [0.25, 0.3) is 0 Å². The quantitative estimate of drug-likeness (QED) is 0.801. The third-order valence-corrected chi connectivity index (χ3v) is 3.56. The van der Waals surface area contributed by atoms with Gasteiger partial charge < -0.3 is 11.1 Å². The summed E-state index contributed by atoms with van der Waals surface area (Å²) in [5.74, 6) is -0.0576. The number of nitrogens with two attached hydrogens (primary N) is 1. The van der Waals surface area contributed by atoms with Crippen LogP contribution in [0.2, 0.25) is 0 Å². The molecule has 0 saturated carbocycles. The van der Waals surface area contributed by atoms with Crippen molar-refractivity contribution in [2.45, 2.75) is 39.2 Å². The number of benzene rings is 1.